The Bertz CT molecular complexity index is 1130. The van der Waals surface area contributed by atoms with Crippen molar-refractivity contribution in [3.05, 3.63) is 84.1 Å². The van der Waals surface area contributed by atoms with Crippen LogP contribution in [0.3, 0.4) is 0 Å². The monoisotopic (exact) mass is 417 g/mol. The minimum atomic E-state index is 0.0580. The van der Waals surface area contributed by atoms with Crippen LogP contribution in [0.4, 0.5) is 0 Å². The molecular weight excluding hydrogens is 394 g/mol. The van der Waals surface area contributed by atoms with Crippen LogP contribution in [-0.2, 0) is 5.41 Å². The molecule has 0 spiro atoms. The van der Waals surface area contributed by atoms with E-state index in [1.54, 1.807) is 6.26 Å². The van der Waals surface area contributed by atoms with Gasteiger partial charge in [0.25, 0.3) is 0 Å². The molecule has 4 rings (SSSR count). The van der Waals surface area contributed by atoms with Crippen molar-refractivity contribution in [1.29, 1.82) is 0 Å². The molecule has 0 bridgehead atoms. The molecular formula is C24H23N3O2S. The number of para-hydroxylation sites is 1. The maximum atomic E-state index is 12.8. The lowest BCUT2D eigenvalue weighted by Crippen LogP contribution is -2.11. The van der Waals surface area contributed by atoms with Crippen LogP contribution in [0.25, 0.3) is 17.3 Å². The van der Waals surface area contributed by atoms with Crippen LogP contribution in [-0.4, -0.2) is 26.3 Å². The highest BCUT2D eigenvalue weighted by Crippen LogP contribution is 2.29. The highest BCUT2D eigenvalue weighted by atomic mass is 32.2. The Hall–Kier alpha value is -3.12. The molecule has 0 aliphatic rings. The fraction of sp³-hybridized carbons (Fsp3) is 0.208. The third kappa shape index (κ3) is 4.24. The van der Waals surface area contributed by atoms with Crippen LogP contribution in [0.15, 0.2) is 82.6 Å². The largest absolute Gasteiger partial charge is 0.461 e. The van der Waals surface area contributed by atoms with Gasteiger partial charge in [0.05, 0.1) is 12.0 Å². The summed E-state index contributed by atoms with van der Waals surface area (Å²) in [6.07, 6.45) is 1.61. The Morgan fingerprint density at radius 2 is 1.70 bits per heavy atom. The van der Waals surface area contributed by atoms with E-state index in [1.165, 1.54) is 17.3 Å². The predicted molar refractivity (Wildman–Crippen MR) is 119 cm³/mol. The van der Waals surface area contributed by atoms with E-state index in [0.717, 1.165) is 5.69 Å². The molecule has 152 valence electrons. The van der Waals surface area contributed by atoms with Gasteiger partial charge in [0.15, 0.2) is 16.7 Å². The number of aromatic nitrogens is 3. The molecule has 2 heterocycles. The van der Waals surface area contributed by atoms with Gasteiger partial charge >= 0.3 is 0 Å². The molecule has 0 N–H and O–H groups in total. The number of furan rings is 1. The topological polar surface area (TPSA) is 60.9 Å². The Morgan fingerprint density at radius 3 is 2.33 bits per heavy atom. The smallest absolute Gasteiger partial charge is 0.205 e. The number of nitrogens with zero attached hydrogens (tertiary/aromatic N) is 3. The number of benzene rings is 2. The van der Waals surface area contributed by atoms with Crippen molar-refractivity contribution in [1.82, 2.24) is 14.8 Å². The molecule has 0 saturated carbocycles. The minimum absolute atomic E-state index is 0.0580. The molecule has 30 heavy (non-hydrogen) atoms. The Morgan fingerprint density at radius 1 is 0.967 bits per heavy atom. The van der Waals surface area contributed by atoms with Gasteiger partial charge in [-0.3, -0.25) is 9.36 Å². The third-order valence-electron chi connectivity index (χ3n) is 4.79. The fourth-order valence-electron chi connectivity index (χ4n) is 3.11. The van der Waals surface area contributed by atoms with Gasteiger partial charge in [-0.05, 0) is 35.2 Å². The first-order valence-electron chi connectivity index (χ1n) is 9.75. The van der Waals surface area contributed by atoms with E-state index in [4.69, 9.17) is 4.42 Å². The zero-order chi connectivity index (χ0) is 21.1. The fourth-order valence-corrected chi connectivity index (χ4v) is 3.95. The van der Waals surface area contributed by atoms with Crippen LogP contribution < -0.4 is 0 Å². The average Bonchev–Trinajstić information content (AvgIpc) is 3.41. The highest BCUT2D eigenvalue weighted by Gasteiger charge is 2.19. The number of rotatable bonds is 6. The van der Waals surface area contributed by atoms with Gasteiger partial charge in [0, 0.05) is 11.3 Å². The molecule has 0 unspecified atom stereocenters. The number of hydrogen-bond acceptors (Lipinski definition) is 5. The van der Waals surface area contributed by atoms with Gasteiger partial charge in [-0.15, -0.1) is 10.2 Å². The number of carbonyl (C=O) groups is 1. The molecule has 0 aliphatic heterocycles. The lowest BCUT2D eigenvalue weighted by atomic mass is 9.86. The summed E-state index contributed by atoms with van der Waals surface area (Å²) in [6, 6.07) is 21.3. The zero-order valence-corrected chi connectivity index (χ0v) is 18.0. The predicted octanol–water partition coefficient (Wildman–Crippen LogP) is 5.80. The first-order valence-corrected chi connectivity index (χ1v) is 10.7. The van der Waals surface area contributed by atoms with E-state index >= 15 is 0 Å². The summed E-state index contributed by atoms with van der Waals surface area (Å²) < 4.78 is 7.45. The number of Topliss-reactive ketones (excluding diaryl/α,β-unsaturated/α-hetero) is 1. The molecule has 0 fully saturated rings. The van der Waals surface area contributed by atoms with Crippen molar-refractivity contribution in [2.24, 2.45) is 0 Å². The molecule has 2 aromatic carbocycles. The van der Waals surface area contributed by atoms with Crippen molar-refractivity contribution < 1.29 is 9.21 Å². The van der Waals surface area contributed by atoms with E-state index in [-0.39, 0.29) is 17.0 Å². The van der Waals surface area contributed by atoms with Crippen LogP contribution in [0, 0.1) is 0 Å². The normalized spacial score (nSPS) is 11.6. The van der Waals surface area contributed by atoms with Crippen LogP contribution in [0.5, 0.6) is 0 Å². The van der Waals surface area contributed by atoms with Gasteiger partial charge in [-0.1, -0.05) is 75.0 Å². The maximum absolute atomic E-state index is 12.8. The first kappa shape index (κ1) is 20.2. The lowest BCUT2D eigenvalue weighted by Gasteiger charge is -2.18. The van der Waals surface area contributed by atoms with Crippen LogP contribution >= 0.6 is 11.8 Å². The van der Waals surface area contributed by atoms with E-state index in [2.05, 4.69) is 31.0 Å². The molecule has 0 atom stereocenters. The second-order valence-electron chi connectivity index (χ2n) is 7.99. The summed E-state index contributed by atoms with van der Waals surface area (Å²) in [7, 11) is 0. The van der Waals surface area contributed by atoms with Gasteiger partial charge < -0.3 is 4.42 Å². The van der Waals surface area contributed by atoms with Crippen LogP contribution in [0.1, 0.15) is 36.7 Å². The standard InChI is InChI=1S/C24H23N3O2S/c1-24(2,3)18-13-11-17(12-14-18)20(28)16-30-23-26-25-22(21-10-7-15-29-21)27(23)19-8-5-4-6-9-19/h4-15H,16H2,1-3H3. The molecule has 6 heteroatoms. The molecule has 0 amide bonds. The lowest BCUT2D eigenvalue weighted by molar-refractivity contribution is 0.102. The van der Waals surface area contributed by atoms with Crippen molar-refractivity contribution in [3.63, 3.8) is 0 Å². The van der Waals surface area contributed by atoms with Gasteiger partial charge in [-0.2, -0.15) is 0 Å². The Labute approximate surface area is 180 Å². The molecule has 2 aromatic heterocycles. The first-order chi connectivity index (χ1) is 14.4. The quantitative estimate of drug-likeness (QED) is 0.293. The third-order valence-corrected chi connectivity index (χ3v) is 5.72. The SMILES string of the molecule is CC(C)(C)c1ccc(C(=O)CSc2nnc(-c3ccco3)n2-c2ccccc2)cc1. The van der Waals surface area contributed by atoms with Crippen molar-refractivity contribution in [2.75, 3.05) is 5.75 Å². The van der Waals surface area contributed by atoms with E-state index < -0.39 is 0 Å². The van der Waals surface area contributed by atoms with E-state index in [9.17, 15) is 4.79 Å². The molecule has 4 aromatic rings. The van der Waals surface area contributed by atoms with E-state index in [1.807, 2.05) is 71.3 Å². The van der Waals surface area contributed by atoms with Gasteiger partial charge in [-0.25, -0.2) is 0 Å². The number of thioether (sulfide) groups is 1. The summed E-state index contributed by atoms with van der Waals surface area (Å²) >= 11 is 1.37. The van der Waals surface area contributed by atoms with Gasteiger partial charge in [0.1, 0.15) is 0 Å². The molecule has 0 aliphatic carbocycles. The molecule has 0 radical (unpaired) electrons. The zero-order valence-electron chi connectivity index (χ0n) is 17.2. The Balaban J connectivity index is 1.57. The summed E-state index contributed by atoms with van der Waals surface area (Å²) in [5.41, 5.74) is 2.88. The van der Waals surface area contributed by atoms with E-state index in [0.29, 0.717) is 22.3 Å². The van der Waals surface area contributed by atoms with Crippen LogP contribution in [0.2, 0.25) is 0 Å². The summed E-state index contributed by atoms with van der Waals surface area (Å²) in [5, 5.41) is 9.28. The summed E-state index contributed by atoms with van der Waals surface area (Å²) in [5.74, 6) is 1.57. The summed E-state index contributed by atoms with van der Waals surface area (Å²) in [6.45, 7) is 6.48. The van der Waals surface area contributed by atoms with Crippen molar-refractivity contribution >= 4 is 17.5 Å². The second-order valence-corrected chi connectivity index (χ2v) is 8.94. The Kier molecular flexibility index (Phi) is 5.59. The number of ketones is 1. The second kappa shape index (κ2) is 8.32. The molecule has 5 nitrogen and oxygen atoms in total. The minimum Gasteiger partial charge on any atom is -0.461 e. The van der Waals surface area contributed by atoms with Crippen molar-refractivity contribution in [3.8, 4) is 17.3 Å². The average molecular weight is 418 g/mol. The molecule has 0 saturated heterocycles. The van der Waals surface area contributed by atoms with Gasteiger partial charge in [0.2, 0.25) is 5.82 Å². The number of hydrogen-bond donors (Lipinski definition) is 0. The van der Waals surface area contributed by atoms with Crippen molar-refractivity contribution in [2.45, 2.75) is 31.3 Å². The highest BCUT2D eigenvalue weighted by molar-refractivity contribution is 7.99. The summed E-state index contributed by atoms with van der Waals surface area (Å²) in [4.78, 5) is 12.8. The maximum Gasteiger partial charge on any atom is 0.205 e. The number of carbonyl (C=O) groups excluding carboxylic acids is 1.